The number of fused-ring (bicyclic) bond motifs is 5. The number of carboxylic acid groups (broad SMARTS) is 1. The molecule has 1 unspecified atom stereocenters. The smallest absolute Gasteiger partial charge is 0.304 e. The van der Waals surface area contributed by atoms with E-state index in [2.05, 4.69) is 31.6 Å². The van der Waals surface area contributed by atoms with Crippen LogP contribution in [0.2, 0.25) is 0 Å². The van der Waals surface area contributed by atoms with Gasteiger partial charge >= 0.3 is 5.97 Å². The van der Waals surface area contributed by atoms with Gasteiger partial charge in [0, 0.05) is 49.1 Å². The Morgan fingerprint density at radius 1 is 0.891 bits per heavy atom. The Bertz CT molecular complexity index is 2200. The number of benzene rings is 1. The highest BCUT2D eigenvalue weighted by Crippen LogP contribution is 2.32. The largest absolute Gasteiger partial charge is 0.508 e. The number of carbonyl (C=O) groups is 9. The molecule has 0 spiro atoms. The molecule has 4 heterocycles. The molecule has 1 aromatic carbocycles. The second-order valence-electron chi connectivity index (χ2n) is 16.7. The van der Waals surface area contributed by atoms with E-state index in [1.54, 1.807) is 13.8 Å². The number of aliphatic carboxylic acids is 1. The monoisotopic (exact) mass is 917 g/mol. The number of ketones is 2. The average Bonchev–Trinajstić information content (AvgIpc) is 3.82. The molecule has 0 radical (unpaired) electrons. The second-order valence-corrected chi connectivity index (χ2v) is 18.1. The van der Waals surface area contributed by atoms with Crippen molar-refractivity contribution in [2.45, 2.75) is 101 Å². The number of nitrogens with one attached hydrogen (secondary N) is 6. The Labute approximate surface area is 369 Å². The molecular formula is C41H55N7O15S. The van der Waals surface area contributed by atoms with Gasteiger partial charge in [0.25, 0.3) is 0 Å². The molecule has 64 heavy (non-hydrogen) atoms. The summed E-state index contributed by atoms with van der Waals surface area (Å²) in [6.45, 7) is 1.90. The number of nitrogens with zero attached hydrogens (tertiary/aromatic N) is 1. The van der Waals surface area contributed by atoms with Gasteiger partial charge in [-0.1, -0.05) is 27.2 Å². The van der Waals surface area contributed by atoms with Crippen molar-refractivity contribution in [1.29, 1.82) is 0 Å². The predicted molar refractivity (Wildman–Crippen MR) is 223 cm³/mol. The summed E-state index contributed by atoms with van der Waals surface area (Å²) in [5.41, 5.74) is 0.346. The van der Waals surface area contributed by atoms with Crippen LogP contribution in [0.1, 0.15) is 58.4 Å². The minimum absolute atomic E-state index is 0.122. The number of carboxylic acids is 1. The predicted octanol–water partition coefficient (Wildman–Crippen LogP) is -3.14. The fraction of sp³-hybridized carbons (Fsp3) is 0.585. The maximum Gasteiger partial charge on any atom is 0.304 e. The molecule has 1 aromatic heterocycles. The zero-order chi connectivity index (χ0) is 47.2. The number of aromatic hydroxyl groups is 1. The molecule has 6 amide bonds. The Morgan fingerprint density at radius 2 is 1.56 bits per heavy atom. The number of H-pyrrole nitrogens is 1. The van der Waals surface area contributed by atoms with Crippen molar-refractivity contribution in [3.8, 4) is 5.75 Å². The maximum absolute atomic E-state index is 14.6. The van der Waals surface area contributed by atoms with Crippen molar-refractivity contribution in [1.82, 2.24) is 36.5 Å². The summed E-state index contributed by atoms with van der Waals surface area (Å²) in [6.07, 6.45) is -5.96. The normalized spacial score (nSPS) is 28.8. The first-order valence-electron chi connectivity index (χ1n) is 20.9. The number of aromatic nitrogens is 1. The van der Waals surface area contributed by atoms with Gasteiger partial charge in [-0.05, 0) is 30.0 Å². The van der Waals surface area contributed by atoms with Gasteiger partial charge in [0.05, 0.1) is 78.4 Å². The van der Waals surface area contributed by atoms with Crippen LogP contribution < -0.4 is 26.6 Å². The Balaban J connectivity index is 1.73. The van der Waals surface area contributed by atoms with Crippen molar-refractivity contribution in [2.24, 2.45) is 23.7 Å². The van der Waals surface area contributed by atoms with Gasteiger partial charge < -0.3 is 62.0 Å². The number of hydrogen-bond acceptors (Lipinski definition) is 14. The molecular weight excluding hydrogens is 863 g/mol. The number of phenols is 1. The first-order valence-corrected chi connectivity index (χ1v) is 22.3. The van der Waals surface area contributed by atoms with Crippen LogP contribution in [0.15, 0.2) is 23.2 Å². The third-order valence-electron chi connectivity index (χ3n) is 12.1. The lowest BCUT2D eigenvalue weighted by molar-refractivity contribution is -0.148. The minimum Gasteiger partial charge on any atom is -0.508 e. The van der Waals surface area contributed by atoms with Gasteiger partial charge in [0.15, 0.2) is 11.6 Å². The van der Waals surface area contributed by atoms with Gasteiger partial charge in [0.1, 0.15) is 22.9 Å². The number of amides is 6. The van der Waals surface area contributed by atoms with Crippen LogP contribution in [0.25, 0.3) is 10.9 Å². The van der Waals surface area contributed by atoms with Gasteiger partial charge in [0.2, 0.25) is 35.4 Å². The fourth-order valence-corrected chi connectivity index (χ4v) is 9.66. The van der Waals surface area contributed by atoms with E-state index in [0.717, 1.165) is 4.90 Å². The summed E-state index contributed by atoms with van der Waals surface area (Å²) in [4.78, 5) is 128. The molecule has 2 aromatic rings. The second kappa shape index (κ2) is 21.3. The molecule has 1 saturated heterocycles. The number of phenolic OH excluding ortho intramolecular Hbond substituents is 1. The van der Waals surface area contributed by atoms with Crippen molar-refractivity contribution in [2.75, 3.05) is 32.0 Å². The average molecular weight is 918 g/mol. The molecule has 1 fully saturated rings. The summed E-state index contributed by atoms with van der Waals surface area (Å²) in [5.74, 6) is -14.8. The Morgan fingerprint density at radius 3 is 2.22 bits per heavy atom. The highest BCUT2D eigenvalue weighted by atomic mass is 32.2. The summed E-state index contributed by atoms with van der Waals surface area (Å²) in [7, 11) is -2.34. The zero-order valence-corrected chi connectivity index (χ0v) is 36.3. The standard InChI is InChI=1S/C41H55N7O15S/c1-4-18(2)35-39(61)43-13-32(55)44-27-17-64(63)40-25(24-6-5-22(50)11-26(24)45-40)7-20(37(59)42-14-33(56)46-35)8-30(53)36(19(3)31(54)16-49)47-38(60)28-12-23(51)15-48(28)41(62)21(9-29(27)52)10-34(57)58/h5-6,11,18-21,23,27-28,31,35-36,45,49-51,54H,4,7-10,12-17H2,1-3H3,(H,42,59)(H,43,61)(H,44,55)(H,46,56)(H,47,60)(H,57,58)/t18-,19-,20+,21-,23+,27-,28-,31-,35-,36-,64?/m0/s1. The lowest BCUT2D eigenvalue weighted by Gasteiger charge is -2.32. The van der Waals surface area contributed by atoms with E-state index in [9.17, 15) is 72.9 Å². The van der Waals surface area contributed by atoms with Crippen LogP contribution in [0.5, 0.6) is 5.75 Å². The van der Waals surface area contributed by atoms with E-state index < -0.39 is 188 Å². The van der Waals surface area contributed by atoms with Crippen LogP contribution in [0.4, 0.5) is 0 Å². The molecule has 2 bridgehead atoms. The molecule has 350 valence electrons. The van der Waals surface area contributed by atoms with Crippen molar-refractivity contribution < 1.29 is 72.9 Å². The number of aliphatic hydroxyl groups excluding tert-OH is 3. The molecule has 0 aliphatic carbocycles. The lowest BCUT2D eigenvalue weighted by atomic mass is 9.85. The van der Waals surface area contributed by atoms with E-state index in [1.165, 1.54) is 25.1 Å². The molecule has 3 aliphatic rings. The SMILES string of the molecule is CC[C@H](C)[C@@H]1NC(=O)CNC(=O)[C@H]2CC(=O)[C@H]([C@@H](C)[C@@H](O)CO)NC(=O)[C@@H]3C[C@@H](O)CN3C(=O)[C@H](CC(=O)O)CC(=O)[C@H](CS(=O)c3[nH]c4cc(O)ccc4c3C2)NC(=O)CNC1=O. The number of aromatic amines is 1. The molecule has 11 N–H and O–H groups in total. The molecule has 22 nitrogen and oxygen atoms in total. The molecule has 11 atom stereocenters. The molecule has 0 saturated carbocycles. The van der Waals surface area contributed by atoms with Crippen LogP contribution in [0, 0.1) is 23.7 Å². The third-order valence-corrected chi connectivity index (χ3v) is 13.5. The molecule has 3 aliphatic heterocycles. The Hall–Kier alpha value is -5.78. The number of aliphatic hydroxyl groups is 3. The van der Waals surface area contributed by atoms with E-state index in [1.807, 2.05) is 0 Å². The van der Waals surface area contributed by atoms with Crippen LogP contribution in [0.3, 0.4) is 0 Å². The van der Waals surface area contributed by atoms with Gasteiger partial charge in [-0.2, -0.15) is 0 Å². The topological polar surface area (TPSA) is 351 Å². The first kappa shape index (κ1) is 49.2. The highest BCUT2D eigenvalue weighted by molar-refractivity contribution is 7.85. The first-order chi connectivity index (χ1) is 30.2. The summed E-state index contributed by atoms with van der Waals surface area (Å²) >= 11 is 0. The van der Waals surface area contributed by atoms with Crippen LogP contribution >= 0.6 is 0 Å². The zero-order valence-electron chi connectivity index (χ0n) is 35.5. The van der Waals surface area contributed by atoms with Crippen molar-refractivity contribution >= 4 is 74.7 Å². The number of rotatable bonds is 7. The number of carbonyl (C=O) groups excluding carboxylic acids is 8. The van der Waals surface area contributed by atoms with E-state index in [4.69, 9.17) is 0 Å². The molecule has 5 rings (SSSR count). The minimum atomic E-state index is -2.34. The van der Waals surface area contributed by atoms with Gasteiger partial charge in [-0.25, -0.2) is 0 Å². The van der Waals surface area contributed by atoms with Crippen molar-refractivity contribution in [3.63, 3.8) is 0 Å². The Kier molecular flexibility index (Phi) is 16.4. The quantitative estimate of drug-likeness (QED) is 0.131. The third kappa shape index (κ3) is 11.7. The summed E-state index contributed by atoms with van der Waals surface area (Å²) in [6, 6.07) is -2.14. The van der Waals surface area contributed by atoms with E-state index >= 15 is 0 Å². The summed E-state index contributed by atoms with van der Waals surface area (Å²) < 4.78 is 14.6. The number of Topliss-reactive ketones (excluding diaryl/α,β-unsaturated/α-hetero) is 2. The lowest BCUT2D eigenvalue weighted by Crippen LogP contribution is -2.56. The van der Waals surface area contributed by atoms with E-state index in [0.29, 0.717) is 11.8 Å². The summed E-state index contributed by atoms with van der Waals surface area (Å²) in [5, 5.41) is 64.1. The molecule has 23 heteroatoms. The van der Waals surface area contributed by atoms with E-state index in [-0.39, 0.29) is 21.9 Å². The fourth-order valence-electron chi connectivity index (χ4n) is 8.23. The van der Waals surface area contributed by atoms with Gasteiger partial charge in [-0.15, -0.1) is 0 Å². The maximum atomic E-state index is 14.6. The van der Waals surface area contributed by atoms with Crippen LogP contribution in [-0.4, -0.2) is 161 Å². The number of hydrogen-bond donors (Lipinski definition) is 11. The van der Waals surface area contributed by atoms with Crippen molar-refractivity contribution in [3.05, 3.63) is 23.8 Å². The highest BCUT2D eigenvalue weighted by Gasteiger charge is 2.45. The van der Waals surface area contributed by atoms with Crippen LogP contribution in [-0.2, 0) is 60.4 Å². The van der Waals surface area contributed by atoms with Gasteiger partial charge in [-0.3, -0.25) is 47.4 Å².